The fourth-order valence-electron chi connectivity index (χ4n) is 1.90. The molecule has 2 rings (SSSR count). The van der Waals surface area contributed by atoms with Crippen LogP contribution in [-0.2, 0) is 13.0 Å². The molecular formula is C15H19NOS. The van der Waals surface area contributed by atoms with E-state index in [4.69, 9.17) is 0 Å². The summed E-state index contributed by atoms with van der Waals surface area (Å²) in [7, 11) is 0. The summed E-state index contributed by atoms with van der Waals surface area (Å²) in [5, 5.41) is 14.9. The van der Waals surface area contributed by atoms with Crippen molar-refractivity contribution in [2.24, 2.45) is 0 Å². The number of benzene rings is 1. The molecule has 0 aliphatic carbocycles. The highest BCUT2D eigenvalue weighted by Gasteiger charge is 2.07. The molecule has 0 radical (unpaired) electrons. The number of thiophene rings is 1. The van der Waals surface area contributed by atoms with Gasteiger partial charge >= 0.3 is 0 Å². The molecule has 0 aliphatic heterocycles. The van der Waals surface area contributed by atoms with E-state index in [1.165, 1.54) is 10.4 Å². The molecule has 0 amide bonds. The zero-order chi connectivity index (χ0) is 12.6. The number of aliphatic hydroxyl groups is 1. The minimum Gasteiger partial charge on any atom is -0.395 e. The number of hydrogen-bond acceptors (Lipinski definition) is 3. The minimum absolute atomic E-state index is 0.173. The van der Waals surface area contributed by atoms with Crippen LogP contribution in [0.1, 0.15) is 16.9 Å². The van der Waals surface area contributed by atoms with Gasteiger partial charge in [0, 0.05) is 17.5 Å². The SMILES string of the molecule is OCC(CCc1ccccc1)NCc1cccs1. The maximum absolute atomic E-state index is 9.37. The molecule has 0 fully saturated rings. The second kappa shape index (κ2) is 7.31. The molecule has 2 aromatic rings. The predicted molar refractivity (Wildman–Crippen MR) is 76.8 cm³/mol. The van der Waals surface area contributed by atoms with Gasteiger partial charge in [-0.2, -0.15) is 0 Å². The van der Waals surface area contributed by atoms with Gasteiger partial charge in [0.25, 0.3) is 0 Å². The molecule has 0 saturated carbocycles. The highest BCUT2D eigenvalue weighted by molar-refractivity contribution is 7.09. The lowest BCUT2D eigenvalue weighted by Crippen LogP contribution is -2.32. The van der Waals surface area contributed by atoms with Crippen LogP contribution in [0.25, 0.3) is 0 Å². The summed E-state index contributed by atoms with van der Waals surface area (Å²) >= 11 is 1.75. The highest BCUT2D eigenvalue weighted by Crippen LogP contribution is 2.09. The normalized spacial score (nSPS) is 12.5. The first kappa shape index (κ1) is 13.3. The topological polar surface area (TPSA) is 32.3 Å². The van der Waals surface area contributed by atoms with Gasteiger partial charge < -0.3 is 10.4 Å². The number of rotatable bonds is 7. The molecule has 0 spiro atoms. The van der Waals surface area contributed by atoms with Crippen molar-refractivity contribution in [2.45, 2.75) is 25.4 Å². The van der Waals surface area contributed by atoms with Crippen molar-refractivity contribution in [1.29, 1.82) is 0 Å². The summed E-state index contributed by atoms with van der Waals surface area (Å²) in [4.78, 5) is 1.31. The van der Waals surface area contributed by atoms with Crippen LogP contribution in [0.3, 0.4) is 0 Å². The predicted octanol–water partition coefficient (Wildman–Crippen LogP) is 2.83. The molecule has 0 bridgehead atoms. The van der Waals surface area contributed by atoms with Crippen LogP contribution in [0.2, 0.25) is 0 Å². The van der Waals surface area contributed by atoms with Crippen molar-refractivity contribution < 1.29 is 5.11 Å². The second-order valence-corrected chi connectivity index (χ2v) is 5.40. The van der Waals surface area contributed by atoms with E-state index < -0.39 is 0 Å². The average Bonchev–Trinajstić information content (AvgIpc) is 2.93. The van der Waals surface area contributed by atoms with Crippen molar-refractivity contribution in [1.82, 2.24) is 5.32 Å². The molecule has 1 atom stereocenters. The Morgan fingerprint density at radius 3 is 2.61 bits per heavy atom. The lowest BCUT2D eigenvalue weighted by atomic mass is 10.1. The van der Waals surface area contributed by atoms with Crippen molar-refractivity contribution in [3.63, 3.8) is 0 Å². The van der Waals surface area contributed by atoms with Crippen LogP contribution in [0, 0.1) is 0 Å². The van der Waals surface area contributed by atoms with Gasteiger partial charge in [-0.3, -0.25) is 0 Å². The Balaban J connectivity index is 1.75. The molecule has 2 N–H and O–H groups in total. The van der Waals surface area contributed by atoms with E-state index in [1.807, 2.05) is 6.07 Å². The summed E-state index contributed by atoms with van der Waals surface area (Å²) in [6, 6.07) is 14.8. The molecule has 18 heavy (non-hydrogen) atoms. The van der Waals surface area contributed by atoms with Gasteiger partial charge in [0.2, 0.25) is 0 Å². The standard InChI is InChI=1S/C15H19NOS/c17-12-14(16-11-15-7-4-10-18-15)9-8-13-5-2-1-3-6-13/h1-7,10,14,16-17H,8-9,11-12H2. The fraction of sp³-hybridized carbons (Fsp3) is 0.333. The van der Waals surface area contributed by atoms with Gasteiger partial charge in [0.05, 0.1) is 6.61 Å². The molecule has 1 aromatic heterocycles. The van der Waals surface area contributed by atoms with E-state index in [1.54, 1.807) is 11.3 Å². The lowest BCUT2D eigenvalue weighted by molar-refractivity contribution is 0.235. The van der Waals surface area contributed by atoms with Gasteiger partial charge in [-0.25, -0.2) is 0 Å². The van der Waals surface area contributed by atoms with Crippen molar-refractivity contribution in [3.05, 3.63) is 58.3 Å². The Kier molecular flexibility index (Phi) is 5.39. The third-order valence-electron chi connectivity index (χ3n) is 2.99. The summed E-state index contributed by atoms with van der Waals surface area (Å²) in [5.74, 6) is 0. The molecule has 96 valence electrons. The van der Waals surface area contributed by atoms with Crippen LogP contribution < -0.4 is 5.32 Å². The lowest BCUT2D eigenvalue weighted by Gasteiger charge is -2.15. The third-order valence-corrected chi connectivity index (χ3v) is 3.87. The Morgan fingerprint density at radius 2 is 1.94 bits per heavy atom. The first-order valence-electron chi connectivity index (χ1n) is 6.29. The average molecular weight is 261 g/mol. The third kappa shape index (κ3) is 4.26. The van der Waals surface area contributed by atoms with E-state index >= 15 is 0 Å². The minimum atomic E-state index is 0.173. The second-order valence-electron chi connectivity index (χ2n) is 4.36. The number of aryl methyl sites for hydroxylation is 1. The highest BCUT2D eigenvalue weighted by atomic mass is 32.1. The van der Waals surface area contributed by atoms with Crippen LogP contribution in [0.15, 0.2) is 47.8 Å². The first-order valence-corrected chi connectivity index (χ1v) is 7.17. The summed E-state index contributed by atoms with van der Waals surface area (Å²) in [5.41, 5.74) is 1.33. The van der Waals surface area contributed by atoms with Crippen LogP contribution in [-0.4, -0.2) is 17.8 Å². The smallest absolute Gasteiger partial charge is 0.0584 e. The Morgan fingerprint density at radius 1 is 1.11 bits per heavy atom. The van der Waals surface area contributed by atoms with E-state index in [9.17, 15) is 5.11 Å². The number of aliphatic hydroxyl groups excluding tert-OH is 1. The summed E-state index contributed by atoms with van der Waals surface area (Å²) in [6.07, 6.45) is 1.97. The van der Waals surface area contributed by atoms with Gasteiger partial charge in [-0.1, -0.05) is 36.4 Å². The van der Waals surface area contributed by atoms with Gasteiger partial charge in [0.15, 0.2) is 0 Å². The van der Waals surface area contributed by atoms with Crippen LogP contribution in [0.4, 0.5) is 0 Å². The van der Waals surface area contributed by atoms with E-state index in [0.717, 1.165) is 19.4 Å². The first-order chi connectivity index (χ1) is 8.88. The van der Waals surface area contributed by atoms with E-state index in [0.29, 0.717) is 0 Å². The molecule has 0 aliphatic rings. The summed E-state index contributed by atoms with van der Waals surface area (Å²) in [6.45, 7) is 1.04. The molecule has 2 nitrogen and oxygen atoms in total. The molecule has 0 saturated heterocycles. The maximum atomic E-state index is 9.37. The molecular weight excluding hydrogens is 242 g/mol. The van der Waals surface area contributed by atoms with E-state index in [-0.39, 0.29) is 12.6 Å². The maximum Gasteiger partial charge on any atom is 0.0584 e. The van der Waals surface area contributed by atoms with Gasteiger partial charge in [-0.05, 0) is 29.9 Å². The van der Waals surface area contributed by atoms with Gasteiger partial charge in [-0.15, -0.1) is 11.3 Å². The summed E-state index contributed by atoms with van der Waals surface area (Å²) < 4.78 is 0. The van der Waals surface area contributed by atoms with Crippen molar-refractivity contribution in [2.75, 3.05) is 6.61 Å². The van der Waals surface area contributed by atoms with Gasteiger partial charge in [0.1, 0.15) is 0 Å². The molecule has 1 heterocycles. The Labute approximate surface area is 112 Å². The molecule has 1 unspecified atom stereocenters. The zero-order valence-electron chi connectivity index (χ0n) is 10.4. The largest absolute Gasteiger partial charge is 0.395 e. The van der Waals surface area contributed by atoms with E-state index in [2.05, 4.69) is 47.1 Å². The Bertz CT molecular complexity index is 427. The zero-order valence-corrected chi connectivity index (χ0v) is 11.2. The molecule has 3 heteroatoms. The quantitative estimate of drug-likeness (QED) is 0.803. The number of hydrogen-bond donors (Lipinski definition) is 2. The number of nitrogens with one attached hydrogen (secondary N) is 1. The van der Waals surface area contributed by atoms with Crippen molar-refractivity contribution in [3.8, 4) is 0 Å². The van der Waals surface area contributed by atoms with Crippen molar-refractivity contribution >= 4 is 11.3 Å². The monoisotopic (exact) mass is 261 g/mol. The fourth-order valence-corrected chi connectivity index (χ4v) is 2.56. The van der Waals surface area contributed by atoms with Crippen LogP contribution >= 0.6 is 11.3 Å². The Hall–Kier alpha value is -1.16. The molecule has 1 aromatic carbocycles. The van der Waals surface area contributed by atoms with Crippen LogP contribution in [0.5, 0.6) is 0 Å².